The van der Waals surface area contributed by atoms with Crippen molar-refractivity contribution >= 4 is 11.7 Å². The number of piperazine rings is 1. The quantitative estimate of drug-likeness (QED) is 0.718. The molecule has 1 unspecified atom stereocenters. The summed E-state index contributed by atoms with van der Waals surface area (Å²) in [5, 5.41) is 0. The highest BCUT2D eigenvalue weighted by molar-refractivity contribution is 5.80. The Morgan fingerprint density at radius 1 is 0.968 bits per heavy atom. The highest BCUT2D eigenvalue weighted by Gasteiger charge is 2.33. The van der Waals surface area contributed by atoms with Crippen LogP contribution in [0.1, 0.15) is 51.9 Å². The number of carbonyl (C=O) groups excluding carboxylic acids is 1. The van der Waals surface area contributed by atoms with Gasteiger partial charge in [0.2, 0.25) is 5.91 Å². The molecule has 3 aliphatic rings. The summed E-state index contributed by atoms with van der Waals surface area (Å²) in [5.41, 5.74) is -0.589. The van der Waals surface area contributed by atoms with Gasteiger partial charge in [-0.2, -0.15) is 0 Å². The van der Waals surface area contributed by atoms with E-state index in [1.54, 1.807) is 10.6 Å². The molecule has 31 heavy (non-hydrogen) atoms. The first-order valence-corrected chi connectivity index (χ1v) is 12.1. The zero-order valence-electron chi connectivity index (χ0n) is 19.1. The van der Waals surface area contributed by atoms with Gasteiger partial charge in [-0.25, -0.2) is 4.79 Å². The van der Waals surface area contributed by atoms with Gasteiger partial charge in [-0.3, -0.25) is 23.6 Å². The molecule has 8 heteroatoms. The zero-order chi connectivity index (χ0) is 22.0. The first-order chi connectivity index (χ1) is 15.0. The maximum Gasteiger partial charge on any atom is 0.332 e. The molecule has 0 spiro atoms. The van der Waals surface area contributed by atoms with Gasteiger partial charge in [0.25, 0.3) is 5.56 Å². The predicted molar refractivity (Wildman–Crippen MR) is 122 cm³/mol. The molecule has 1 aromatic rings. The van der Waals surface area contributed by atoms with E-state index in [0.717, 1.165) is 50.1 Å². The Morgan fingerprint density at radius 2 is 1.68 bits per heavy atom. The zero-order valence-corrected chi connectivity index (χ0v) is 19.1. The van der Waals surface area contributed by atoms with Crippen molar-refractivity contribution in [3.63, 3.8) is 0 Å². The Kier molecular flexibility index (Phi) is 6.84. The van der Waals surface area contributed by atoms with Crippen LogP contribution in [-0.4, -0.2) is 70.2 Å². The number of carbonyl (C=O) groups is 1. The van der Waals surface area contributed by atoms with E-state index in [-0.39, 0.29) is 23.1 Å². The lowest BCUT2D eigenvalue weighted by atomic mass is 9.93. The van der Waals surface area contributed by atoms with Crippen LogP contribution in [0.5, 0.6) is 0 Å². The Bertz CT molecular complexity index is 893. The van der Waals surface area contributed by atoms with Gasteiger partial charge in [0, 0.05) is 65.0 Å². The van der Waals surface area contributed by atoms with Crippen LogP contribution in [0.15, 0.2) is 15.7 Å². The third kappa shape index (κ3) is 4.59. The van der Waals surface area contributed by atoms with Crippen LogP contribution >= 0.6 is 0 Å². The molecule has 4 rings (SSSR count). The summed E-state index contributed by atoms with van der Waals surface area (Å²) in [4.78, 5) is 44.8. The predicted octanol–water partition coefficient (Wildman–Crippen LogP) is 1.26. The molecule has 1 saturated carbocycles. The lowest BCUT2D eigenvalue weighted by Crippen LogP contribution is -2.55. The van der Waals surface area contributed by atoms with Crippen molar-refractivity contribution in [1.82, 2.24) is 18.9 Å². The average molecular weight is 432 g/mol. The van der Waals surface area contributed by atoms with Crippen LogP contribution in [0.3, 0.4) is 0 Å². The number of rotatable bonds is 4. The van der Waals surface area contributed by atoms with Gasteiger partial charge < -0.3 is 9.80 Å². The van der Waals surface area contributed by atoms with Gasteiger partial charge in [0.15, 0.2) is 0 Å². The smallest absolute Gasteiger partial charge is 0.332 e. The van der Waals surface area contributed by atoms with E-state index in [2.05, 4.69) is 9.80 Å². The van der Waals surface area contributed by atoms with Crippen LogP contribution in [0.4, 0.5) is 5.82 Å². The third-order valence-electron chi connectivity index (χ3n) is 7.51. The normalized spacial score (nSPS) is 23.9. The van der Waals surface area contributed by atoms with Gasteiger partial charge in [0.05, 0.1) is 5.92 Å². The summed E-state index contributed by atoms with van der Waals surface area (Å²) in [6.45, 7) is 7.36. The minimum Gasteiger partial charge on any atom is -0.357 e. The van der Waals surface area contributed by atoms with Gasteiger partial charge >= 0.3 is 5.69 Å². The van der Waals surface area contributed by atoms with E-state index in [0.29, 0.717) is 24.9 Å². The van der Waals surface area contributed by atoms with Crippen molar-refractivity contribution in [2.45, 2.75) is 64.5 Å². The van der Waals surface area contributed by atoms with E-state index in [9.17, 15) is 14.4 Å². The summed E-state index contributed by atoms with van der Waals surface area (Å²) < 4.78 is 2.78. The minimum atomic E-state index is -0.294. The molecule has 2 aliphatic heterocycles. The average Bonchev–Trinajstić information content (AvgIpc) is 2.82. The van der Waals surface area contributed by atoms with E-state index >= 15 is 0 Å². The Balaban J connectivity index is 1.41. The van der Waals surface area contributed by atoms with Gasteiger partial charge in [-0.05, 0) is 32.6 Å². The number of hydrogen-bond donors (Lipinski definition) is 0. The topological polar surface area (TPSA) is 70.8 Å². The lowest BCUT2D eigenvalue weighted by molar-refractivity contribution is -0.138. The molecule has 2 saturated heterocycles. The van der Waals surface area contributed by atoms with Crippen LogP contribution in [0, 0.1) is 5.92 Å². The minimum absolute atomic E-state index is 0.0700. The van der Waals surface area contributed by atoms with Crippen molar-refractivity contribution in [1.29, 1.82) is 0 Å². The molecule has 0 bridgehead atoms. The molecule has 1 atom stereocenters. The van der Waals surface area contributed by atoms with Gasteiger partial charge in [0.1, 0.15) is 5.82 Å². The van der Waals surface area contributed by atoms with Crippen molar-refractivity contribution in [3.05, 3.63) is 26.9 Å². The van der Waals surface area contributed by atoms with E-state index in [1.807, 2.05) is 11.8 Å². The molecule has 8 nitrogen and oxygen atoms in total. The van der Waals surface area contributed by atoms with Gasteiger partial charge in [-0.1, -0.05) is 19.3 Å². The van der Waals surface area contributed by atoms with Gasteiger partial charge in [-0.15, -0.1) is 0 Å². The van der Waals surface area contributed by atoms with Crippen LogP contribution in [0.25, 0.3) is 0 Å². The van der Waals surface area contributed by atoms with E-state index < -0.39 is 0 Å². The second-order valence-corrected chi connectivity index (χ2v) is 9.36. The molecule has 1 aliphatic carbocycles. The Labute approximate surface area is 184 Å². The van der Waals surface area contributed by atoms with E-state index in [1.165, 1.54) is 39.2 Å². The fourth-order valence-corrected chi connectivity index (χ4v) is 5.62. The molecule has 1 aromatic heterocycles. The lowest BCUT2D eigenvalue weighted by Gasteiger charge is -2.42. The molecule has 0 aromatic carbocycles. The summed E-state index contributed by atoms with van der Waals surface area (Å²) in [7, 11) is 1.51. The second-order valence-electron chi connectivity index (χ2n) is 9.36. The maximum atomic E-state index is 13.3. The first kappa shape index (κ1) is 22.1. The highest BCUT2D eigenvalue weighted by Crippen LogP contribution is 2.26. The molecular formula is C23H37N5O3. The maximum absolute atomic E-state index is 13.3. The molecule has 3 heterocycles. The van der Waals surface area contributed by atoms with Crippen LogP contribution < -0.4 is 16.1 Å². The SMILES string of the molecule is CCn1c(N2CCCC(C(=O)N3CCN(C4CCCCC4)CC3)C2)cc(=O)n(C)c1=O. The number of piperidine rings is 1. The second kappa shape index (κ2) is 9.59. The molecule has 0 radical (unpaired) electrons. The third-order valence-corrected chi connectivity index (χ3v) is 7.51. The standard InChI is InChI=1S/C23H37N5O3/c1-3-28-20(16-21(29)24(2)23(28)31)27-11-7-8-18(17-27)22(30)26-14-12-25(13-15-26)19-9-5-4-6-10-19/h16,18-19H,3-15,17H2,1-2H3. The van der Waals surface area contributed by atoms with Crippen molar-refractivity contribution in [3.8, 4) is 0 Å². The summed E-state index contributed by atoms with van der Waals surface area (Å²) in [5.74, 6) is 0.817. The summed E-state index contributed by atoms with van der Waals surface area (Å²) >= 11 is 0. The van der Waals surface area contributed by atoms with Crippen molar-refractivity contribution < 1.29 is 4.79 Å². The summed E-state index contributed by atoms with van der Waals surface area (Å²) in [6, 6.07) is 2.25. The van der Waals surface area contributed by atoms with Crippen LogP contribution in [-0.2, 0) is 18.4 Å². The summed E-state index contributed by atoms with van der Waals surface area (Å²) in [6.07, 6.45) is 8.43. The Hall–Kier alpha value is -2.09. The molecule has 172 valence electrons. The number of hydrogen-bond acceptors (Lipinski definition) is 5. The first-order valence-electron chi connectivity index (χ1n) is 12.1. The molecule has 0 N–H and O–H groups in total. The number of amides is 1. The molecule has 1 amide bonds. The van der Waals surface area contributed by atoms with E-state index in [4.69, 9.17) is 0 Å². The number of aromatic nitrogens is 2. The molecule has 3 fully saturated rings. The fourth-order valence-electron chi connectivity index (χ4n) is 5.62. The van der Waals surface area contributed by atoms with Crippen molar-refractivity contribution in [2.24, 2.45) is 13.0 Å². The van der Waals surface area contributed by atoms with Crippen LogP contribution in [0.2, 0.25) is 0 Å². The number of anilines is 1. The molecular weight excluding hydrogens is 394 g/mol. The monoisotopic (exact) mass is 431 g/mol. The largest absolute Gasteiger partial charge is 0.357 e. The highest BCUT2D eigenvalue weighted by atomic mass is 16.2. The fraction of sp³-hybridized carbons (Fsp3) is 0.783. The van der Waals surface area contributed by atoms with Crippen molar-refractivity contribution in [2.75, 3.05) is 44.2 Å². The number of nitrogens with zero attached hydrogens (tertiary/aromatic N) is 5. The Morgan fingerprint density at radius 3 is 2.35 bits per heavy atom.